The lowest BCUT2D eigenvalue weighted by Gasteiger charge is -2.39. The highest BCUT2D eigenvalue weighted by molar-refractivity contribution is 7.92. The van der Waals surface area contributed by atoms with Gasteiger partial charge in [-0.05, 0) is 51.3 Å². The Hall–Kier alpha value is -1.56. The van der Waals surface area contributed by atoms with Crippen molar-refractivity contribution in [2.24, 2.45) is 4.99 Å². The second kappa shape index (κ2) is 6.75. The molecule has 0 radical (unpaired) electrons. The molecule has 0 unspecified atom stereocenters. The standard InChI is InChI=1S/C18H29N3O2S/c1-13-9-14(2)16(15(3)10-13)11-20-17(19-6)21-7-8-24(22,23)18(4,5)12-21/h9-10H,7-8,11-12H2,1-6H3,(H,19,20). The first-order valence-electron chi connectivity index (χ1n) is 8.32. The fraction of sp³-hybridized carbons (Fsp3) is 0.611. The topological polar surface area (TPSA) is 61.8 Å². The number of aliphatic imine (C=N–C) groups is 1. The van der Waals surface area contributed by atoms with Crippen LogP contribution < -0.4 is 5.32 Å². The van der Waals surface area contributed by atoms with Crippen molar-refractivity contribution >= 4 is 15.8 Å². The maximum atomic E-state index is 12.2. The Bertz CT molecular complexity index is 729. The van der Waals surface area contributed by atoms with Crippen molar-refractivity contribution in [2.75, 3.05) is 25.9 Å². The van der Waals surface area contributed by atoms with Crippen molar-refractivity contribution in [3.8, 4) is 0 Å². The molecule has 5 nitrogen and oxygen atoms in total. The van der Waals surface area contributed by atoms with Gasteiger partial charge >= 0.3 is 0 Å². The molecule has 0 atom stereocenters. The summed E-state index contributed by atoms with van der Waals surface area (Å²) in [4.78, 5) is 6.40. The van der Waals surface area contributed by atoms with Crippen LogP contribution >= 0.6 is 0 Å². The Kier molecular flexibility index (Phi) is 5.28. The van der Waals surface area contributed by atoms with E-state index in [1.165, 1.54) is 22.3 Å². The predicted octanol–water partition coefficient (Wildman–Crippen LogP) is 2.20. The van der Waals surface area contributed by atoms with E-state index < -0.39 is 14.6 Å². The van der Waals surface area contributed by atoms with Gasteiger partial charge in [0.1, 0.15) is 0 Å². The van der Waals surface area contributed by atoms with Gasteiger partial charge in [0, 0.05) is 26.7 Å². The molecule has 6 heteroatoms. The summed E-state index contributed by atoms with van der Waals surface area (Å²) >= 11 is 0. The number of rotatable bonds is 2. The monoisotopic (exact) mass is 351 g/mol. The van der Waals surface area contributed by atoms with Crippen LogP contribution in [0.2, 0.25) is 0 Å². The minimum atomic E-state index is -3.05. The van der Waals surface area contributed by atoms with Crippen LogP contribution in [-0.4, -0.2) is 49.9 Å². The lowest BCUT2D eigenvalue weighted by atomic mass is 10.00. The first kappa shape index (κ1) is 18.8. The Morgan fingerprint density at radius 1 is 1.25 bits per heavy atom. The molecule has 2 rings (SSSR count). The van der Waals surface area contributed by atoms with E-state index in [9.17, 15) is 8.42 Å². The van der Waals surface area contributed by atoms with Crippen LogP contribution in [0.15, 0.2) is 17.1 Å². The maximum absolute atomic E-state index is 12.2. The summed E-state index contributed by atoms with van der Waals surface area (Å²) in [6, 6.07) is 4.37. The third kappa shape index (κ3) is 3.74. The van der Waals surface area contributed by atoms with E-state index in [0.29, 0.717) is 19.6 Å². The average molecular weight is 352 g/mol. The average Bonchev–Trinajstić information content (AvgIpc) is 2.45. The van der Waals surface area contributed by atoms with Crippen molar-refractivity contribution in [2.45, 2.75) is 45.9 Å². The van der Waals surface area contributed by atoms with Crippen LogP contribution in [-0.2, 0) is 16.4 Å². The van der Waals surface area contributed by atoms with E-state index in [1.807, 2.05) is 4.90 Å². The van der Waals surface area contributed by atoms with Crippen molar-refractivity contribution in [3.63, 3.8) is 0 Å². The SMILES string of the molecule is CN=C(NCc1c(C)cc(C)cc1C)N1CCS(=O)(=O)C(C)(C)C1. The van der Waals surface area contributed by atoms with Crippen molar-refractivity contribution in [1.82, 2.24) is 10.2 Å². The zero-order valence-corrected chi connectivity index (χ0v) is 16.4. The van der Waals surface area contributed by atoms with Crippen molar-refractivity contribution < 1.29 is 8.42 Å². The van der Waals surface area contributed by atoms with Gasteiger partial charge in [-0.25, -0.2) is 8.42 Å². The van der Waals surface area contributed by atoms with Crippen LogP contribution in [0.25, 0.3) is 0 Å². The summed E-state index contributed by atoms with van der Waals surface area (Å²) in [5.74, 6) is 0.931. The molecule has 1 aromatic carbocycles. The molecular weight excluding hydrogens is 322 g/mol. The maximum Gasteiger partial charge on any atom is 0.193 e. The molecule has 1 aliphatic heterocycles. The zero-order chi connectivity index (χ0) is 18.1. The van der Waals surface area contributed by atoms with Gasteiger partial charge < -0.3 is 10.2 Å². The molecule has 1 saturated heterocycles. The Balaban J connectivity index is 2.12. The quantitative estimate of drug-likeness (QED) is 0.655. The van der Waals surface area contributed by atoms with Gasteiger partial charge in [-0.2, -0.15) is 0 Å². The van der Waals surface area contributed by atoms with Gasteiger partial charge in [-0.15, -0.1) is 0 Å². The predicted molar refractivity (Wildman–Crippen MR) is 100 cm³/mol. The van der Waals surface area contributed by atoms with E-state index in [0.717, 1.165) is 5.96 Å². The third-order valence-electron chi connectivity index (χ3n) is 4.82. The molecule has 1 aliphatic rings. The summed E-state index contributed by atoms with van der Waals surface area (Å²) < 4.78 is 23.6. The smallest absolute Gasteiger partial charge is 0.193 e. The van der Waals surface area contributed by atoms with Gasteiger partial charge in [-0.3, -0.25) is 4.99 Å². The summed E-state index contributed by atoms with van der Waals surface area (Å²) in [7, 11) is -1.30. The number of benzene rings is 1. The lowest BCUT2D eigenvalue weighted by molar-refractivity contribution is 0.353. The minimum absolute atomic E-state index is 0.170. The van der Waals surface area contributed by atoms with Crippen LogP contribution in [0.4, 0.5) is 0 Å². The summed E-state index contributed by atoms with van der Waals surface area (Å²) in [6.07, 6.45) is 0. The van der Waals surface area contributed by atoms with Gasteiger partial charge in [-0.1, -0.05) is 17.7 Å². The Morgan fingerprint density at radius 2 is 1.83 bits per heavy atom. The normalized spacial score (nSPS) is 20.1. The van der Waals surface area contributed by atoms with E-state index in [4.69, 9.17) is 0 Å². The molecule has 0 spiro atoms. The van der Waals surface area contributed by atoms with Gasteiger partial charge in [0.05, 0.1) is 10.5 Å². The lowest BCUT2D eigenvalue weighted by Crippen LogP contribution is -2.57. The first-order chi connectivity index (χ1) is 11.1. The molecule has 0 saturated carbocycles. The summed E-state index contributed by atoms with van der Waals surface area (Å²) in [5, 5.41) is 3.40. The van der Waals surface area contributed by atoms with Crippen molar-refractivity contribution in [1.29, 1.82) is 0 Å². The van der Waals surface area contributed by atoms with E-state index in [2.05, 4.69) is 43.2 Å². The molecule has 134 valence electrons. The zero-order valence-electron chi connectivity index (χ0n) is 15.6. The van der Waals surface area contributed by atoms with Crippen LogP contribution in [0.3, 0.4) is 0 Å². The Morgan fingerprint density at radius 3 is 2.33 bits per heavy atom. The highest BCUT2D eigenvalue weighted by atomic mass is 32.2. The fourth-order valence-corrected chi connectivity index (χ4v) is 4.68. The summed E-state index contributed by atoms with van der Waals surface area (Å²) in [5.41, 5.74) is 5.06. The highest BCUT2D eigenvalue weighted by Crippen LogP contribution is 2.24. The fourth-order valence-electron chi connectivity index (χ4n) is 3.31. The minimum Gasteiger partial charge on any atom is -0.352 e. The number of hydrogen-bond acceptors (Lipinski definition) is 3. The highest BCUT2D eigenvalue weighted by Gasteiger charge is 2.40. The molecule has 1 fully saturated rings. The second-order valence-electron chi connectivity index (χ2n) is 7.28. The number of nitrogens with zero attached hydrogens (tertiary/aromatic N) is 2. The second-order valence-corrected chi connectivity index (χ2v) is 10.0. The van der Waals surface area contributed by atoms with E-state index in [1.54, 1.807) is 20.9 Å². The van der Waals surface area contributed by atoms with E-state index in [-0.39, 0.29) is 5.75 Å². The number of guanidine groups is 1. The summed E-state index contributed by atoms with van der Waals surface area (Å²) in [6.45, 7) is 11.6. The van der Waals surface area contributed by atoms with Crippen molar-refractivity contribution in [3.05, 3.63) is 34.4 Å². The van der Waals surface area contributed by atoms with E-state index >= 15 is 0 Å². The largest absolute Gasteiger partial charge is 0.352 e. The van der Waals surface area contributed by atoms with Crippen LogP contribution in [0.5, 0.6) is 0 Å². The molecule has 1 aromatic rings. The molecule has 24 heavy (non-hydrogen) atoms. The Labute approximate surface area is 146 Å². The number of aryl methyl sites for hydroxylation is 3. The number of hydrogen-bond donors (Lipinski definition) is 1. The van der Waals surface area contributed by atoms with Gasteiger partial charge in [0.15, 0.2) is 15.8 Å². The molecule has 0 aliphatic carbocycles. The molecule has 0 bridgehead atoms. The number of sulfone groups is 1. The molecule has 1 heterocycles. The number of nitrogens with one attached hydrogen (secondary N) is 1. The van der Waals surface area contributed by atoms with Gasteiger partial charge in [0.25, 0.3) is 0 Å². The van der Waals surface area contributed by atoms with Gasteiger partial charge in [0.2, 0.25) is 0 Å². The van der Waals surface area contributed by atoms with Crippen LogP contribution in [0, 0.1) is 20.8 Å². The molecule has 0 aromatic heterocycles. The molecule has 1 N–H and O–H groups in total. The van der Waals surface area contributed by atoms with Crippen LogP contribution in [0.1, 0.15) is 36.1 Å². The molecular formula is C18H29N3O2S. The molecule has 0 amide bonds. The third-order valence-corrected chi connectivity index (χ3v) is 7.35. The first-order valence-corrected chi connectivity index (χ1v) is 9.97.